The van der Waals surface area contributed by atoms with E-state index >= 15 is 0 Å². The fraction of sp³-hybridized carbons (Fsp3) is 0.707. The number of hydrogen-bond acceptors (Lipinski definition) is 18. The van der Waals surface area contributed by atoms with Crippen molar-refractivity contribution in [1.29, 1.82) is 0 Å². The number of amides is 2. The molecule has 111 heavy (non-hydrogen) atoms. The number of carboxylic acid groups (broad SMARTS) is 1. The summed E-state index contributed by atoms with van der Waals surface area (Å²) in [6.45, 7) is 45.0. The lowest BCUT2D eigenvalue weighted by Crippen LogP contribution is -2.67. The van der Waals surface area contributed by atoms with Crippen LogP contribution in [0.2, 0.25) is 39.3 Å². The molecule has 4 N–H and O–H groups in total. The SMILES string of the molecule is C.C.C.C[C@@H](CC[C@@H](B1O[C@@H]2C[C@@H]3C[C@@H](C3(C)C)[C@]2(C)O1)N([Si](C)(C)C)[Si](C)(C)C)CC(=O)OC(C)(C)C.C[C@@H](CC[C@H](NC(=O)OCc1ccccc1)B1O[C@@H]2C[C@@H]3C[C@@H](C3(C)C)[C@]2(C)O1)CC(=O)OC(C)(C)C.ClCCl.O=C(Cl)OCc1ccccc1.O=C(O)C[C@@H]1CC[C@H](NC(=O)OCc2ccccc2)B(O)O1. The Morgan fingerprint density at radius 3 is 1.34 bits per heavy atom. The van der Waals surface area contributed by atoms with Crippen molar-refractivity contribution in [2.24, 2.45) is 46.3 Å². The molecule has 12 rings (SSSR count). The number of halogens is 3. The van der Waals surface area contributed by atoms with Gasteiger partial charge in [0.25, 0.3) is 0 Å². The molecule has 0 unspecified atom stereocenters. The average Bonchev–Trinajstić information content (AvgIpc) is 1.62. The number of carboxylic acids is 1. The van der Waals surface area contributed by atoms with Crippen LogP contribution in [0.5, 0.6) is 0 Å². The lowest BCUT2D eigenvalue weighted by atomic mass is 9.43. The van der Waals surface area contributed by atoms with Gasteiger partial charge in [-0.3, -0.25) is 14.4 Å². The fourth-order valence-electron chi connectivity index (χ4n) is 17.2. The van der Waals surface area contributed by atoms with Crippen molar-refractivity contribution in [3.63, 3.8) is 0 Å². The number of benzene rings is 3. The first-order valence-corrected chi connectivity index (χ1v) is 46.9. The summed E-state index contributed by atoms with van der Waals surface area (Å²) >= 11 is 14.5. The smallest absolute Gasteiger partial charge is 0.481 e. The maximum atomic E-state index is 12.8. The van der Waals surface area contributed by atoms with Crippen LogP contribution in [0.25, 0.3) is 0 Å². The zero-order chi connectivity index (χ0) is 80.5. The average molecular weight is 1650 g/mol. The molecule has 3 heterocycles. The van der Waals surface area contributed by atoms with Gasteiger partial charge >= 0.3 is 56.9 Å². The highest BCUT2D eigenvalue weighted by atomic mass is 35.5. The van der Waals surface area contributed by atoms with Crippen LogP contribution >= 0.6 is 34.8 Å². The number of carbonyl (C=O) groups excluding carboxylic acids is 5. The minimum absolute atomic E-state index is 0. The van der Waals surface area contributed by atoms with E-state index in [4.69, 9.17) is 82.1 Å². The van der Waals surface area contributed by atoms with E-state index < -0.39 is 77.5 Å². The predicted octanol–water partition coefficient (Wildman–Crippen LogP) is 19.3. The molecule has 0 spiro atoms. The normalized spacial score (nSPS) is 25.3. The van der Waals surface area contributed by atoms with Crippen LogP contribution in [-0.4, -0.2) is 152 Å². The number of nitrogens with one attached hydrogen (secondary N) is 2. The number of alkyl halides is 2. The molecular formula is C82H137B3Cl3N3O18Si2. The topological polar surface area (TPSA) is 262 Å². The molecule has 29 heteroatoms. The van der Waals surface area contributed by atoms with Gasteiger partial charge in [0.2, 0.25) is 0 Å². The number of ether oxygens (including phenoxy) is 5. The van der Waals surface area contributed by atoms with E-state index in [1.54, 1.807) is 0 Å². The van der Waals surface area contributed by atoms with Crippen LogP contribution in [0, 0.1) is 46.3 Å². The van der Waals surface area contributed by atoms with Gasteiger partial charge in [0.1, 0.15) is 47.5 Å². The Morgan fingerprint density at radius 1 is 0.577 bits per heavy atom. The second-order valence-electron chi connectivity index (χ2n) is 36.0. The van der Waals surface area contributed by atoms with Gasteiger partial charge in [0.15, 0.2) is 0 Å². The molecule has 3 aliphatic heterocycles. The van der Waals surface area contributed by atoms with Crippen molar-refractivity contribution in [1.82, 2.24) is 14.9 Å². The standard InChI is InChI=1S/C29H44BNO6.C27H54BNO4Si2.C14H18BNO6.C8H7ClO2.CH2Cl2.3CH4/c1-19(15-25(32)35-27(2,3)4)13-14-24(31-26(33)34-18-20-11-9-8-10-12-20)30-36-23-17-21-16-22(28(21,5)6)29(23,7)37-30;1-19(16-24(30)31-25(2,3)4)14-15-23(29(34(8,9)10)35(11,12)13)28-32-22-18-20-17-21(26(20,5)6)27(22,7)33-28;17-13(18)8-11-6-7-12(15(20)22-11)16-14(19)21-9-10-4-2-1-3-5-10;9-8(10)11-6-7-4-2-1-3-5-7;2-1-3;;;/h8-12,19,21-24H,13-18H2,1-7H3,(H,31,33);19-23H,14-18H2,1-13H3;1-5,11-12,20H,6-9H2,(H,16,19)(H,17,18);1-5H,6H2;1H2;3*1H4/t19-,21-,22-,23+,24-,29-;19-,20-,21-,22+,23-,27-;11-,12-;;;;;/m000...../s1. The van der Waals surface area contributed by atoms with E-state index in [0.29, 0.717) is 61.7 Å². The van der Waals surface area contributed by atoms with E-state index in [9.17, 15) is 33.8 Å². The summed E-state index contributed by atoms with van der Waals surface area (Å²) in [4.78, 5) is 70.1. The zero-order valence-electron chi connectivity index (χ0n) is 67.8. The number of hydrogen-bond donors (Lipinski definition) is 4. The fourth-order valence-corrected chi connectivity index (χ4v) is 27.8. The third-order valence-electron chi connectivity index (χ3n) is 22.3. The van der Waals surface area contributed by atoms with Crippen LogP contribution in [-0.2, 0) is 81.2 Å². The van der Waals surface area contributed by atoms with Gasteiger partial charge < -0.3 is 72.0 Å². The molecule has 3 aromatic carbocycles. The van der Waals surface area contributed by atoms with Crippen LogP contribution in [0.1, 0.15) is 219 Å². The van der Waals surface area contributed by atoms with E-state index in [-0.39, 0.29) is 125 Å². The molecule has 2 amide bonds. The molecular weight excluding hydrogens is 1510 g/mol. The van der Waals surface area contributed by atoms with Gasteiger partial charge in [0, 0.05) is 30.4 Å². The van der Waals surface area contributed by atoms with Gasteiger partial charge in [0.05, 0.1) is 53.2 Å². The Balaban J connectivity index is 0.000000400. The predicted molar refractivity (Wildman–Crippen MR) is 451 cm³/mol. The minimum atomic E-state index is -1.65. The Labute approximate surface area is 684 Å². The molecule has 6 saturated carbocycles. The first-order valence-electron chi connectivity index (χ1n) is 38.6. The molecule has 14 atom stereocenters. The summed E-state index contributed by atoms with van der Waals surface area (Å²) < 4.78 is 61.3. The van der Waals surface area contributed by atoms with Gasteiger partial charge in [-0.1, -0.05) is 194 Å². The maximum absolute atomic E-state index is 12.8. The first kappa shape index (κ1) is 100. The van der Waals surface area contributed by atoms with E-state index in [0.717, 1.165) is 48.3 Å². The second-order valence-corrected chi connectivity index (χ2v) is 47.2. The van der Waals surface area contributed by atoms with Gasteiger partial charge in [-0.05, 0) is 183 Å². The molecule has 626 valence electrons. The van der Waals surface area contributed by atoms with Crippen LogP contribution < -0.4 is 10.6 Å². The number of carbonyl (C=O) groups is 6. The Kier molecular flexibility index (Phi) is 39.4. The summed E-state index contributed by atoms with van der Waals surface area (Å²) in [7, 11) is -5.28. The Morgan fingerprint density at radius 2 is 0.964 bits per heavy atom. The maximum Gasteiger partial charge on any atom is 0.481 e. The van der Waals surface area contributed by atoms with Gasteiger partial charge in [-0.2, -0.15) is 0 Å². The van der Waals surface area contributed by atoms with Crippen molar-refractivity contribution in [3.05, 3.63) is 108 Å². The Bertz CT molecular complexity index is 3340. The summed E-state index contributed by atoms with van der Waals surface area (Å²) in [6.07, 6.45) is 7.89. The molecule has 0 radical (unpaired) electrons. The summed E-state index contributed by atoms with van der Waals surface area (Å²) in [6, 6.07) is 28.2. The summed E-state index contributed by atoms with van der Waals surface area (Å²) in [5.41, 5.74) is 1.05. The van der Waals surface area contributed by atoms with E-state index in [1.807, 2.05) is 139 Å². The number of esters is 2. The van der Waals surface area contributed by atoms with Crippen molar-refractivity contribution >= 4 is 108 Å². The third kappa shape index (κ3) is 30.1. The highest BCUT2D eigenvalue weighted by Gasteiger charge is 2.70. The van der Waals surface area contributed by atoms with Crippen molar-refractivity contribution in [2.75, 3.05) is 5.34 Å². The highest BCUT2D eigenvalue weighted by Crippen LogP contribution is 2.67. The van der Waals surface area contributed by atoms with E-state index in [2.05, 4.69) is 107 Å². The zero-order valence-corrected chi connectivity index (χ0v) is 72.1. The molecule has 9 fully saturated rings. The quantitative estimate of drug-likeness (QED) is 0.0202. The number of nitrogens with zero attached hydrogens (tertiary/aromatic N) is 1. The lowest BCUT2D eigenvalue weighted by Gasteiger charge is -2.64. The second kappa shape index (κ2) is 43.5. The van der Waals surface area contributed by atoms with Crippen molar-refractivity contribution < 1.29 is 85.9 Å². The molecule has 6 aliphatic carbocycles. The molecule has 4 bridgehead atoms. The van der Waals surface area contributed by atoms with Gasteiger partial charge in [-0.25, -0.2) is 14.4 Å². The monoisotopic (exact) mass is 1650 g/mol. The minimum Gasteiger partial charge on any atom is -0.481 e. The van der Waals surface area contributed by atoms with Crippen LogP contribution in [0.15, 0.2) is 91.0 Å². The van der Waals surface area contributed by atoms with Crippen LogP contribution in [0.3, 0.4) is 0 Å². The van der Waals surface area contributed by atoms with Gasteiger partial charge in [-0.15, -0.1) is 23.2 Å². The molecule has 21 nitrogen and oxygen atoms in total. The molecule has 3 aromatic rings. The highest BCUT2D eigenvalue weighted by molar-refractivity contribution is 6.90. The summed E-state index contributed by atoms with van der Waals surface area (Å²) in [5.74, 6) is 0.730. The molecule has 0 aromatic heterocycles. The lowest BCUT2D eigenvalue weighted by molar-refractivity contribution is -0.199. The Hall–Kier alpha value is -4.70. The first-order chi connectivity index (χ1) is 50.2. The number of aliphatic carboxylic acids is 1. The number of alkyl carbamates (subject to hydrolysis) is 2. The van der Waals surface area contributed by atoms with Crippen molar-refractivity contribution in [2.45, 2.75) is 320 Å². The number of rotatable bonds is 25. The molecule has 9 aliphatic rings. The molecule has 3 saturated heterocycles. The van der Waals surface area contributed by atoms with E-state index in [1.165, 1.54) is 12.8 Å². The summed E-state index contributed by atoms with van der Waals surface area (Å²) in [5, 5.41) is 24.2. The third-order valence-corrected chi connectivity index (χ3v) is 29.9. The van der Waals surface area contributed by atoms with Crippen molar-refractivity contribution in [3.8, 4) is 0 Å². The van der Waals surface area contributed by atoms with Crippen LogP contribution in [0.4, 0.5) is 14.4 Å². The largest absolute Gasteiger partial charge is 0.481 e.